The van der Waals surface area contributed by atoms with E-state index in [4.69, 9.17) is 0 Å². The molecule has 0 N–H and O–H groups in total. The molecule has 2 heteroatoms. The Balaban J connectivity index is 1.05. The summed E-state index contributed by atoms with van der Waals surface area (Å²) >= 11 is 1.92. The van der Waals surface area contributed by atoms with Gasteiger partial charge in [-0.3, -0.25) is 0 Å². The molecule has 56 heavy (non-hydrogen) atoms. The molecule has 7 unspecified atom stereocenters. The minimum atomic E-state index is 0.0828. The van der Waals surface area contributed by atoms with Crippen LogP contribution in [-0.4, -0.2) is 0 Å². The van der Waals surface area contributed by atoms with Gasteiger partial charge in [-0.15, -0.1) is 11.3 Å². The molecular weight excluding hydrogens is 695 g/mol. The fraction of sp³-hybridized carbons (Fsp3) is 0.333. The van der Waals surface area contributed by atoms with E-state index in [2.05, 4.69) is 139 Å². The van der Waals surface area contributed by atoms with E-state index in [1.807, 2.05) is 11.3 Å². The monoisotopic (exact) mass is 743 g/mol. The molecule has 276 valence electrons. The third-order valence-corrected chi connectivity index (χ3v) is 17.6. The number of thiophene rings is 1. The van der Waals surface area contributed by atoms with Crippen molar-refractivity contribution in [2.24, 2.45) is 29.6 Å². The van der Waals surface area contributed by atoms with Gasteiger partial charge in [0.15, 0.2) is 0 Å². The zero-order chi connectivity index (χ0) is 36.8. The molecule has 6 aromatic carbocycles. The smallest absolute Gasteiger partial charge is 0.0468 e. The lowest BCUT2D eigenvalue weighted by atomic mass is 9.50. The molecule has 1 aromatic heterocycles. The van der Waals surface area contributed by atoms with Gasteiger partial charge in [-0.05, 0) is 161 Å². The summed E-state index contributed by atoms with van der Waals surface area (Å²) < 4.78 is 2.73. The van der Waals surface area contributed by atoms with Gasteiger partial charge in [0, 0.05) is 48.1 Å². The molecule has 6 aliphatic rings. The molecule has 7 aromatic rings. The summed E-state index contributed by atoms with van der Waals surface area (Å²) in [5, 5.41) is 2.73. The molecule has 0 radical (unpaired) electrons. The fourth-order valence-electron chi connectivity index (χ4n) is 14.5. The Morgan fingerprint density at radius 1 is 0.536 bits per heavy atom. The number of benzene rings is 6. The molecule has 13 rings (SSSR count). The van der Waals surface area contributed by atoms with E-state index < -0.39 is 0 Å². The van der Waals surface area contributed by atoms with Crippen LogP contribution in [0.25, 0.3) is 42.4 Å². The minimum absolute atomic E-state index is 0.0828. The number of nitrogens with zero attached hydrogens (tertiary/aromatic N) is 1. The van der Waals surface area contributed by atoms with Crippen LogP contribution in [0.3, 0.4) is 0 Å². The Morgan fingerprint density at radius 2 is 1.20 bits per heavy atom. The van der Waals surface area contributed by atoms with Crippen LogP contribution in [0, 0.1) is 29.6 Å². The van der Waals surface area contributed by atoms with Crippen molar-refractivity contribution in [3.05, 3.63) is 150 Å². The maximum absolute atomic E-state index is 2.69. The highest BCUT2D eigenvalue weighted by Crippen LogP contribution is 2.67. The third kappa shape index (κ3) is 4.12. The van der Waals surface area contributed by atoms with Crippen molar-refractivity contribution in [2.45, 2.75) is 82.0 Å². The van der Waals surface area contributed by atoms with E-state index in [9.17, 15) is 0 Å². The summed E-state index contributed by atoms with van der Waals surface area (Å²) in [6.45, 7) is 2.48. The Bertz CT molecular complexity index is 2750. The van der Waals surface area contributed by atoms with Crippen LogP contribution < -0.4 is 4.90 Å². The van der Waals surface area contributed by atoms with Gasteiger partial charge in [-0.2, -0.15) is 0 Å². The van der Waals surface area contributed by atoms with Crippen LogP contribution in [0.15, 0.2) is 127 Å². The Kier molecular flexibility index (Phi) is 6.78. The summed E-state index contributed by atoms with van der Waals surface area (Å²) in [5.74, 6) is 3.85. The molecule has 0 amide bonds. The molecule has 2 spiro atoms. The first kappa shape index (κ1) is 32.4. The maximum Gasteiger partial charge on any atom is 0.0468 e. The van der Waals surface area contributed by atoms with Crippen molar-refractivity contribution in [1.29, 1.82) is 0 Å². The summed E-state index contributed by atoms with van der Waals surface area (Å²) in [5.41, 5.74) is 16.4. The van der Waals surface area contributed by atoms with Gasteiger partial charge in [-0.25, -0.2) is 0 Å². The normalized spacial score (nSPS) is 28.9. The van der Waals surface area contributed by atoms with Crippen LogP contribution in [0.1, 0.15) is 93.4 Å². The zero-order valence-corrected chi connectivity index (χ0v) is 33.3. The molecule has 1 heterocycles. The molecule has 4 saturated carbocycles. The van der Waals surface area contributed by atoms with Gasteiger partial charge < -0.3 is 4.90 Å². The fourth-order valence-corrected chi connectivity index (χ4v) is 15.6. The van der Waals surface area contributed by atoms with Gasteiger partial charge in [0.1, 0.15) is 0 Å². The van der Waals surface area contributed by atoms with Crippen LogP contribution in [0.5, 0.6) is 0 Å². The third-order valence-electron chi connectivity index (χ3n) is 16.5. The van der Waals surface area contributed by atoms with Crippen molar-refractivity contribution in [1.82, 2.24) is 0 Å². The molecule has 1 nitrogen and oxygen atoms in total. The second-order valence-electron chi connectivity index (χ2n) is 18.7. The van der Waals surface area contributed by atoms with Gasteiger partial charge in [-0.1, -0.05) is 111 Å². The predicted molar refractivity (Wildman–Crippen MR) is 236 cm³/mol. The highest BCUT2D eigenvalue weighted by molar-refractivity contribution is 7.25. The molecule has 6 aliphatic carbocycles. The quantitative estimate of drug-likeness (QED) is 0.174. The average Bonchev–Trinajstić information content (AvgIpc) is 4.06. The molecule has 4 fully saturated rings. The summed E-state index contributed by atoms with van der Waals surface area (Å²) in [7, 11) is 0. The van der Waals surface area contributed by atoms with Gasteiger partial charge in [0.2, 0.25) is 0 Å². The molecule has 4 bridgehead atoms. The zero-order valence-electron chi connectivity index (χ0n) is 32.4. The largest absolute Gasteiger partial charge is 0.310 e. The van der Waals surface area contributed by atoms with Crippen molar-refractivity contribution in [3.8, 4) is 22.3 Å². The molecule has 0 saturated heterocycles. The molecular formula is C54H49NS. The van der Waals surface area contributed by atoms with Crippen LogP contribution in [-0.2, 0) is 10.8 Å². The first-order chi connectivity index (χ1) is 27.6. The number of hydrogen-bond donors (Lipinski definition) is 0. The first-order valence-electron chi connectivity index (χ1n) is 21.9. The van der Waals surface area contributed by atoms with Crippen molar-refractivity contribution in [3.63, 3.8) is 0 Å². The Hall–Kier alpha value is -4.66. The second-order valence-corrected chi connectivity index (χ2v) is 19.7. The molecule has 0 aliphatic heterocycles. The average molecular weight is 744 g/mol. The summed E-state index contributed by atoms with van der Waals surface area (Å²) in [6.07, 6.45) is 13.6. The second kappa shape index (κ2) is 11.7. The van der Waals surface area contributed by atoms with E-state index in [0.717, 1.165) is 17.8 Å². The van der Waals surface area contributed by atoms with Crippen molar-refractivity contribution < 1.29 is 0 Å². The van der Waals surface area contributed by atoms with Gasteiger partial charge in [0.05, 0.1) is 0 Å². The SMILES string of the molecule is CCC1CC2CCCC(C2)C12c1ccccc1-c1ccc(N(c3ccc4c(c3)C3(CC5CCC3C5)c3ccccc3-4)c3ccc4sc5ccccc5c4c3)cc12. The van der Waals surface area contributed by atoms with Crippen LogP contribution in [0.4, 0.5) is 17.1 Å². The van der Waals surface area contributed by atoms with E-state index in [1.54, 1.807) is 22.3 Å². The molecule has 7 atom stereocenters. The number of hydrogen-bond acceptors (Lipinski definition) is 2. The topological polar surface area (TPSA) is 3.24 Å². The number of fused-ring (bicyclic) bond motifs is 19. The first-order valence-corrected chi connectivity index (χ1v) is 22.7. The maximum atomic E-state index is 2.69. The lowest BCUT2D eigenvalue weighted by molar-refractivity contribution is 0.0557. The van der Waals surface area contributed by atoms with Crippen LogP contribution in [0.2, 0.25) is 0 Å². The highest BCUT2D eigenvalue weighted by Gasteiger charge is 2.58. The van der Waals surface area contributed by atoms with Crippen molar-refractivity contribution in [2.75, 3.05) is 4.90 Å². The van der Waals surface area contributed by atoms with Gasteiger partial charge >= 0.3 is 0 Å². The minimum Gasteiger partial charge on any atom is -0.310 e. The lowest BCUT2D eigenvalue weighted by Crippen LogP contribution is -2.48. The predicted octanol–water partition coefficient (Wildman–Crippen LogP) is 15.1. The number of anilines is 3. The van der Waals surface area contributed by atoms with E-state index in [0.29, 0.717) is 11.8 Å². The summed E-state index contributed by atoms with van der Waals surface area (Å²) in [4.78, 5) is 2.65. The van der Waals surface area contributed by atoms with E-state index >= 15 is 0 Å². The van der Waals surface area contributed by atoms with Crippen LogP contribution >= 0.6 is 11.3 Å². The van der Waals surface area contributed by atoms with E-state index in [1.165, 1.54) is 124 Å². The van der Waals surface area contributed by atoms with Gasteiger partial charge in [0.25, 0.3) is 0 Å². The standard InChI is InChI=1S/C54H49NS/c1-2-35-26-33-10-9-11-37(27-33)54(35)48-16-7-4-13-42(48)44-24-21-40(31-50(44)54)55(38-22-25-52-46(29-38)45-14-5-8-17-51(45)56-52)39-20-23-43-41-12-3-6-15-47(41)53(49(43)30-39)32-34-18-19-36(53)28-34/h3-8,12-17,20-25,29-31,33-37H,2,9-11,18-19,26-28,32H2,1H3. The lowest BCUT2D eigenvalue weighted by Gasteiger charge is -2.54. The highest BCUT2D eigenvalue weighted by atomic mass is 32.1. The summed E-state index contributed by atoms with van der Waals surface area (Å²) in [6, 6.07) is 50.6. The number of rotatable bonds is 4. The van der Waals surface area contributed by atoms with E-state index in [-0.39, 0.29) is 10.8 Å². The Labute approximate surface area is 335 Å². The Morgan fingerprint density at radius 3 is 2.00 bits per heavy atom. The van der Waals surface area contributed by atoms with Crippen molar-refractivity contribution >= 4 is 48.6 Å².